The van der Waals surface area contributed by atoms with Gasteiger partial charge in [0.15, 0.2) is 0 Å². The summed E-state index contributed by atoms with van der Waals surface area (Å²) in [7, 11) is 4.29. The minimum Gasteiger partial charge on any atom is -0.372 e. The number of para-hydroxylation sites is 1. The van der Waals surface area contributed by atoms with Crippen LogP contribution in [-0.4, -0.2) is 30.7 Å². The molecule has 18 heavy (non-hydrogen) atoms. The fraction of sp³-hybridized carbons (Fsp3) is 0.467. The number of hydrogen-bond donors (Lipinski definition) is 1. The van der Waals surface area contributed by atoms with Crippen molar-refractivity contribution in [3.63, 3.8) is 0 Å². The molecule has 0 amide bonds. The maximum Gasteiger partial charge on any atom is 0.0623 e. The Morgan fingerprint density at radius 1 is 1.33 bits per heavy atom. The molecule has 1 fully saturated rings. The molecule has 0 aliphatic heterocycles. The molecule has 0 radical (unpaired) electrons. The molecule has 2 aromatic rings. The van der Waals surface area contributed by atoms with Crippen LogP contribution in [-0.2, 0) is 7.05 Å². The van der Waals surface area contributed by atoms with Crippen LogP contribution < -0.4 is 10.2 Å². The number of hydrogen-bond acceptors (Lipinski definition) is 2. The highest BCUT2D eigenvalue weighted by molar-refractivity contribution is 5.93. The number of aryl methyl sites for hydroxylation is 1. The van der Waals surface area contributed by atoms with Gasteiger partial charge in [-0.25, -0.2) is 0 Å². The monoisotopic (exact) mass is 243 g/mol. The summed E-state index contributed by atoms with van der Waals surface area (Å²) in [5.74, 6) is 0. The van der Waals surface area contributed by atoms with E-state index in [-0.39, 0.29) is 0 Å². The summed E-state index contributed by atoms with van der Waals surface area (Å²) in [5.41, 5.74) is 2.63. The van der Waals surface area contributed by atoms with Crippen molar-refractivity contribution in [3.8, 4) is 0 Å². The molecule has 0 saturated heterocycles. The van der Waals surface area contributed by atoms with Gasteiger partial charge in [0, 0.05) is 50.3 Å². The average Bonchev–Trinajstić information content (AvgIpc) is 3.14. The van der Waals surface area contributed by atoms with Gasteiger partial charge in [0.2, 0.25) is 0 Å². The number of anilines is 1. The van der Waals surface area contributed by atoms with E-state index < -0.39 is 0 Å². The number of fused-ring (bicyclic) bond motifs is 1. The summed E-state index contributed by atoms with van der Waals surface area (Å²) in [4.78, 5) is 2.34. The molecule has 1 aliphatic carbocycles. The first-order chi connectivity index (χ1) is 8.75. The lowest BCUT2D eigenvalue weighted by atomic mass is 10.2. The Bertz CT molecular complexity index is 540. The fourth-order valence-electron chi connectivity index (χ4n) is 2.47. The Balaban J connectivity index is 1.75. The fourth-order valence-corrected chi connectivity index (χ4v) is 2.47. The Kier molecular flexibility index (Phi) is 3.00. The van der Waals surface area contributed by atoms with Crippen molar-refractivity contribution in [2.75, 3.05) is 25.0 Å². The summed E-state index contributed by atoms with van der Waals surface area (Å²) in [6, 6.07) is 9.39. The first-order valence-corrected chi connectivity index (χ1v) is 6.74. The van der Waals surface area contributed by atoms with Crippen LogP contribution in [0.1, 0.15) is 12.8 Å². The SMILES string of the molecule is CN(CCNC1CC1)c1cn(C)c2ccccc12. The summed E-state index contributed by atoms with van der Waals surface area (Å²) in [5, 5.41) is 4.91. The Hall–Kier alpha value is -1.48. The Morgan fingerprint density at radius 3 is 2.89 bits per heavy atom. The second-order valence-corrected chi connectivity index (χ2v) is 5.29. The molecular formula is C15H21N3. The van der Waals surface area contributed by atoms with E-state index in [1.807, 2.05) is 0 Å². The third-order valence-corrected chi connectivity index (χ3v) is 3.74. The molecule has 96 valence electrons. The molecule has 0 bridgehead atoms. The molecule has 1 heterocycles. The summed E-state index contributed by atoms with van der Waals surface area (Å²) < 4.78 is 2.20. The van der Waals surface area contributed by atoms with E-state index in [9.17, 15) is 0 Å². The van der Waals surface area contributed by atoms with Gasteiger partial charge in [-0.2, -0.15) is 0 Å². The minimum absolute atomic E-state index is 0.797. The standard InChI is InChI=1S/C15H21N3/c1-17(10-9-16-12-7-8-12)15-11-18(2)14-6-4-3-5-13(14)15/h3-6,11-12,16H,7-10H2,1-2H3. The third kappa shape index (κ3) is 2.23. The minimum atomic E-state index is 0.797. The molecule has 1 saturated carbocycles. The summed E-state index contributed by atoms with van der Waals surface area (Å²) in [6.07, 6.45) is 4.94. The van der Waals surface area contributed by atoms with Crippen LogP contribution in [0.3, 0.4) is 0 Å². The molecule has 0 atom stereocenters. The van der Waals surface area contributed by atoms with E-state index in [4.69, 9.17) is 0 Å². The first kappa shape index (κ1) is 11.6. The number of nitrogens with one attached hydrogen (secondary N) is 1. The molecule has 3 heteroatoms. The van der Waals surface area contributed by atoms with Crippen LogP contribution in [0, 0.1) is 0 Å². The van der Waals surface area contributed by atoms with E-state index in [0.29, 0.717) is 0 Å². The van der Waals surface area contributed by atoms with Gasteiger partial charge in [0.1, 0.15) is 0 Å². The lowest BCUT2D eigenvalue weighted by molar-refractivity contribution is 0.675. The van der Waals surface area contributed by atoms with Crippen LogP contribution in [0.2, 0.25) is 0 Å². The zero-order chi connectivity index (χ0) is 12.5. The van der Waals surface area contributed by atoms with Gasteiger partial charge in [-0.3, -0.25) is 0 Å². The highest BCUT2D eigenvalue weighted by Crippen LogP contribution is 2.27. The summed E-state index contributed by atoms with van der Waals surface area (Å²) in [6.45, 7) is 2.13. The predicted molar refractivity (Wildman–Crippen MR) is 77.2 cm³/mol. The molecule has 1 aromatic carbocycles. The molecule has 3 rings (SSSR count). The molecule has 1 aliphatic rings. The first-order valence-electron chi connectivity index (χ1n) is 6.74. The van der Waals surface area contributed by atoms with Crippen LogP contribution in [0.5, 0.6) is 0 Å². The van der Waals surface area contributed by atoms with Gasteiger partial charge < -0.3 is 14.8 Å². The van der Waals surface area contributed by atoms with Crippen LogP contribution in [0.25, 0.3) is 10.9 Å². The van der Waals surface area contributed by atoms with Crippen molar-refractivity contribution in [2.45, 2.75) is 18.9 Å². The van der Waals surface area contributed by atoms with E-state index in [0.717, 1.165) is 19.1 Å². The van der Waals surface area contributed by atoms with Gasteiger partial charge in [0.05, 0.1) is 5.69 Å². The van der Waals surface area contributed by atoms with Crippen molar-refractivity contribution in [1.82, 2.24) is 9.88 Å². The third-order valence-electron chi connectivity index (χ3n) is 3.74. The number of rotatable bonds is 5. The molecule has 0 spiro atoms. The number of benzene rings is 1. The lowest BCUT2D eigenvalue weighted by Crippen LogP contribution is -2.30. The lowest BCUT2D eigenvalue weighted by Gasteiger charge is -2.18. The number of aromatic nitrogens is 1. The van der Waals surface area contributed by atoms with Crippen molar-refractivity contribution in [3.05, 3.63) is 30.5 Å². The smallest absolute Gasteiger partial charge is 0.0623 e. The molecule has 1 aromatic heterocycles. The van der Waals surface area contributed by atoms with Crippen molar-refractivity contribution >= 4 is 16.6 Å². The zero-order valence-corrected chi connectivity index (χ0v) is 11.2. The second-order valence-electron chi connectivity index (χ2n) is 5.29. The van der Waals surface area contributed by atoms with Crippen LogP contribution >= 0.6 is 0 Å². The van der Waals surface area contributed by atoms with Gasteiger partial charge in [-0.1, -0.05) is 18.2 Å². The molecule has 0 unspecified atom stereocenters. The largest absolute Gasteiger partial charge is 0.372 e. The van der Waals surface area contributed by atoms with Crippen molar-refractivity contribution in [1.29, 1.82) is 0 Å². The van der Waals surface area contributed by atoms with Gasteiger partial charge in [0.25, 0.3) is 0 Å². The van der Waals surface area contributed by atoms with Gasteiger partial charge in [-0.05, 0) is 18.9 Å². The van der Waals surface area contributed by atoms with Crippen molar-refractivity contribution in [2.24, 2.45) is 7.05 Å². The molecule has 3 nitrogen and oxygen atoms in total. The van der Waals surface area contributed by atoms with E-state index >= 15 is 0 Å². The zero-order valence-electron chi connectivity index (χ0n) is 11.2. The normalized spacial score (nSPS) is 15.2. The second kappa shape index (κ2) is 4.65. The van der Waals surface area contributed by atoms with Crippen LogP contribution in [0.15, 0.2) is 30.5 Å². The topological polar surface area (TPSA) is 20.2 Å². The Labute approximate surface area is 108 Å². The molecule has 1 N–H and O–H groups in total. The number of likely N-dealkylation sites (N-methyl/N-ethyl adjacent to an activating group) is 1. The van der Waals surface area contributed by atoms with E-state index in [1.165, 1.54) is 29.4 Å². The summed E-state index contributed by atoms with van der Waals surface area (Å²) >= 11 is 0. The van der Waals surface area contributed by atoms with E-state index in [2.05, 4.69) is 59.3 Å². The highest BCUT2D eigenvalue weighted by Gasteiger charge is 2.20. The van der Waals surface area contributed by atoms with E-state index in [1.54, 1.807) is 0 Å². The molecular weight excluding hydrogens is 222 g/mol. The maximum atomic E-state index is 3.56. The van der Waals surface area contributed by atoms with Gasteiger partial charge >= 0.3 is 0 Å². The van der Waals surface area contributed by atoms with Crippen molar-refractivity contribution < 1.29 is 0 Å². The number of nitrogens with zero attached hydrogens (tertiary/aromatic N) is 2. The van der Waals surface area contributed by atoms with Gasteiger partial charge in [-0.15, -0.1) is 0 Å². The highest BCUT2D eigenvalue weighted by atomic mass is 15.1. The quantitative estimate of drug-likeness (QED) is 0.870. The maximum absolute atomic E-state index is 3.56. The van der Waals surface area contributed by atoms with Crippen LogP contribution in [0.4, 0.5) is 5.69 Å². The Morgan fingerprint density at radius 2 is 2.11 bits per heavy atom. The predicted octanol–water partition coefficient (Wildman–Crippen LogP) is 2.37. The average molecular weight is 243 g/mol.